The van der Waals surface area contributed by atoms with Gasteiger partial charge in [-0.15, -0.1) is 25.3 Å². The van der Waals surface area contributed by atoms with Crippen LogP contribution in [0.15, 0.2) is 0 Å². The van der Waals surface area contributed by atoms with Crippen molar-refractivity contribution in [2.75, 3.05) is 24.6 Å². The van der Waals surface area contributed by atoms with Crippen molar-refractivity contribution in [2.45, 2.75) is 4.71 Å². The molecule has 0 atom stereocenters. The van der Waals surface area contributed by atoms with Crippen LogP contribution in [0.25, 0.3) is 0 Å². The highest BCUT2D eigenvalue weighted by Gasteiger charge is 2.23. The molecule has 1 rings (SSSR count). The number of nitrogens with zero attached hydrogens (tertiary/aromatic N) is 1. The lowest BCUT2D eigenvalue weighted by atomic mass is 10.5. The molecule has 1 aliphatic heterocycles. The second-order valence-electron chi connectivity index (χ2n) is 2.53. The predicted octanol–water partition coefficient (Wildman–Crippen LogP) is -0.140. The van der Waals surface area contributed by atoms with Crippen molar-refractivity contribution < 1.29 is 8.42 Å². The van der Waals surface area contributed by atoms with Gasteiger partial charge in [0.05, 0.1) is 16.2 Å². The summed E-state index contributed by atoms with van der Waals surface area (Å²) in [7, 11) is -2.76. The van der Waals surface area contributed by atoms with E-state index in [1.165, 1.54) is 0 Å². The van der Waals surface area contributed by atoms with Crippen molar-refractivity contribution in [1.82, 2.24) is 4.90 Å². The third-order valence-corrected chi connectivity index (χ3v) is 3.97. The van der Waals surface area contributed by atoms with Gasteiger partial charge in [0, 0.05) is 13.1 Å². The summed E-state index contributed by atoms with van der Waals surface area (Å²) in [4.78, 5) is 1.92. The fraction of sp³-hybridized carbons (Fsp3) is 1.00. The van der Waals surface area contributed by atoms with Crippen molar-refractivity contribution in [3.05, 3.63) is 0 Å². The molecule has 11 heavy (non-hydrogen) atoms. The summed E-state index contributed by atoms with van der Waals surface area (Å²) in [5.74, 6) is 0.481. The molecule has 0 radical (unpaired) electrons. The first-order valence-electron chi connectivity index (χ1n) is 3.32. The van der Waals surface area contributed by atoms with E-state index in [-0.39, 0.29) is 16.2 Å². The minimum atomic E-state index is -2.76. The van der Waals surface area contributed by atoms with Gasteiger partial charge < -0.3 is 0 Å². The Kier molecular flexibility index (Phi) is 3.13. The number of thiol groups is 2. The molecule has 1 aliphatic rings. The van der Waals surface area contributed by atoms with Crippen LogP contribution in [-0.4, -0.2) is 42.6 Å². The molecule has 1 heterocycles. The summed E-state index contributed by atoms with van der Waals surface area (Å²) < 4.78 is 21.8. The molecule has 66 valence electrons. The molecule has 0 spiro atoms. The first-order valence-corrected chi connectivity index (χ1v) is 6.17. The Morgan fingerprint density at radius 1 is 1.18 bits per heavy atom. The van der Waals surface area contributed by atoms with Gasteiger partial charge in [0.15, 0.2) is 9.84 Å². The van der Waals surface area contributed by atoms with E-state index in [2.05, 4.69) is 25.3 Å². The van der Waals surface area contributed by atoms with Crippen LogP contribution in [0.5, 0.6) is 0 Å². The van der Waals surface area contributed by atoms with E-state index < -0.39 is 9.84 Å². The topological polar surface area (TPSA) is 37.4 Å². The van der Waals surface area contributed by atoms with Crippen LogP contribution in [0, 0.1) is 0 Å². The third-order valence-electron chi connectivity index (χ3n) is 1.71. The Balaban J connectivity index is 2.49. The van der Waals surface area contributed by atoms with Crippen LogP contribution in [-0.2, 0) is 9.84 Å². The lowest BCUT2D eigenvalue weighted by Gasteiger charge is -2.28. The third kappa shape index (κ3) is 2.85. The lowest BCUT2D eigenvalue weighted by molar-refractivity contribution is 0.331. The molecule has 0 N–H and O–H groups in total. The van der Waals surface area contributed by atoms with Crippen LogP contribution in [0.3, 0.4) is 0 Å². The summed E-state index contributed by atoms with van der Waals surface area (Å²) in [6.45, 7) is 1.11. The number of hydrogen-bond acceptors (Lipinski definition) is 5. The van der Waals surface area contributed by atoms with Crippen molar-refractivity contribution >= 4 is 35.1 Å². The van der Waals surface area contributed by atoms with E-state index in [4.69, 9.17) is 0 Å². The van der Waals surface area contributed by atoms with Gasteiger partial charge >= 0.3 is 0 Å². The molecule has 0 bridgehead atoms. The molecule has 6 heteroatoms. The van der Waals surface area contributed by atoms with Crippen LogP contribution >= 0.6 is 25.3 Å². The van der Waals surface area contributed by atoms with Crippen LogP contribution in [0.2, 0.25) is 0 Å². The summed E-state index contributed by atoms with van der Waals surface area (Å²) in [6.07, 6.45) is 0. The van der Waals surface area contributed by atoms with Gasteiger partial charge in [0.25, 0.3) is 0 Å². The fourth-order valence-corrected chi connectivity index (χ4v) is 2.65. The van der Waals surface area contributed by atoms with E-state index in [0.717, 1.165) is 0 Å². The normalized spacial score (nSPS) is 25.7. The molecule has 0 aromatic rings. The molecule has 0 saturated carbocycles. The maximum atomic E-state index is 10.9. The maximum absolute atomic E-state index is 10.9. The zero-order chi connectivity index (χ0) is 8.48. The molecule has 1 saturated heterocycles. The molecular formula is C5H11NO2S3. The minimum Gasteiger partial charge on any atom is -0.281 e. The van der Waals surface area contributed by atoms with E-state index in [0.29, 0.717) is 13.1 Å². The Hall–Kier alpha value is 0.610. The van der Waals surface area contributed by atoms with Crippen molar-refractivity contribution in [3.63, 3.8) is 0 Å². The predicted molar refractivity (Wildman–Crippen MR) is 52.0 cm³/mol. The molecule has 0 unspecified atom stereocenters. The highest BCUT2D eigenvalue weighted by Crippen LogP contribution is 2.12. The zero-order valence-electron chi connectivity index (χ0n) is 5.97. The maximum Gasteiger partial charge on any atom is 0.152 e. The summed E-state index contributed by atoms with van der Waals surface area (Å²) in [5, 5.41) is 0. The SMILES string of the molecule is O=S1(=O)CCN(C(S)S)CC1. The van der Waals surface area contributed by atoms with E-state index >= 15 is 0 Å². The smallest absolute Gasteiger partial charge is 0.152 e. The number of sulfone groups is 1. The standard InChI is InChI=1S/C5H11NO2S3/c7-11(8)3-1-6(2-4-11)5(9)10/h5,9-10H,1-4H2. The monoisotopic (exact) mass is 213 g/mol. The van der Waals surface area contributed by atoms with Crippen LogP contribution in [0.1, 0.15) is 0 Å². The number of hydrogen-bond donors (Lipinski definition) is 2. The van der Waals surface area contributed by atoms with Gasteiger partial charge in [0.1, 0.15) is 0 Å². The molecule has 1 fully saturated rings. The number of rotatable bonds is 1. The fourth-order valence-electron chi connectivity index (χ4n) is 0.957. The molecule has 0 amide bonds. The first kappa shape index (κ1) is 9.70. The minimum absolute atomic E-state index is 0.134. The molecular weight excluding hydrogens is 202 g/mol. The average Bonchev–Trinajstić information content (AvgIpc) is 1.86. The molecule has 3 nitrogen and oxygen atoms in total. The van der Waals surface area contributed by atoms with E-state index in [9.17, 15) is 8.42 Å². The van der Waals surface area contributed by atoms with Gasteiger partial charge in [-0.25, -0.2) is 8.42 Å². The van der Waals surface area contributed by atoms with Gasteiger partial charge in [-0.1, -0.05) is 0 Å². The molecule has 0 aromatic heterocycles. The second-order valence-corrected chi connectivity index (χ2v) is 6.22. The van der Waals surface area contributed by atoms with E-state index in [1.54, 1.807) is 0 Å². The highest BCUT2D eigenvalue weighted by molar-refractivity contribution is 7.99. The van der Waals surface area contributed by atoms with Crippen molar-refractivity contribution in [1.29, 1.82) is 0 Å². The van der Waals surface area contributed by atoms with Gasteiger partial charge in [-0.2, -0.15) is 0 Å². The van der Waals surface area contributed by atoms with E-state index in [1.807, 2.05) is 4.90 Å². The second kappa shape index (κ2) is 3.55. The summed E-state index contributed by atoms with van der Waals surface area (Å²) in [5.41, 5.74) is 0. The van der Waals surface area contributed by atoms with Crippen LogP contribution in [0.4, 0.5) is 0 Å². The Morgan fingerprint density at radius 2 is 1.64 bits per heavy atom. The van der Waals surface area contributed by atoms with Gasteiger partial charge in [0.2, 0.25) is 0 Å². The van der Waals surface area contributed by atoms with Crippen molar-refractivity contribution in [3.8, 4) is 0 Å². The van der Waals surface area contributed by atoms with Gasteiger partial charge in [-0.3, -0.25) is 4.90 Å². The van der Waals surface area contributed by atoms with Crippen molar-refractivity contribution in [2.24, 2.45) is 0 Å². The first-order chi connectivity index (χ1) is 5.01. The average molecular weight is 213 g/mol. The highest BCUT2D eigenvalue weighted by atomic mass is 32.2. The Bertz CT molecular complexity index is 210. The summed E-state index contributed by atoms with van der Waals surface area (Å²) >= 11 is 8.19. The largest absolute Gasteiger partial charge is 0.281 e. The van der Waals surface area contributed by atoms with Gasteiger partial charge in [-0.05, 0) is 0 Å². The Labute approximate surface area is 77.9 Å². The summed E-state index contributed by atoms with van der Waals surface area (Å²) in [6, 6.07) is 0. The zero-order valence-corrected chi connectivity index (χ0v) is 8.58. The molecule has 0 aromatic carbocycles. The van der Waals surface area contributed by atoms with Crippen LogP contribution < -0.4 is 0 Å². The lowest BCUT2D eigenvalue weighted by Crippen LogP contribution is -2.42. The Morgan fingerprint density at radius 3 is 2.00 bits per heavy atom. The molecule has 0 aliphatic carbocycles. The quantitative estimate of drug-likeness (QED) is 0.470.